The number of hydrogen-bond donors (Lipinski definition) is 0. The maximum atomic E-state index is 5.18. The highest BCUT2D eigenvalue weighted by molar-refractivity contribution is 6.25. The molecule has 0 unspecified atom stereocenters. The van der Waals surface area contributed by atoms with Crippen molar-refractivity contribution in [3.8, 4) is 22.8 Å². The van der Waals surface area contributed by atoms with Crippen molar-refractivity contribution in [1.29, 1.82) is 0 Å². The summed E-state index contributed by atoms with van der Waals surface area (Å²) in [5.74, 6) is 1.85. The summed E-state index contributed by atoms with van der Waals surface area (Å²) in [4.78, 5) is 20.0. The lowest BCUT2D eigenvalue weighted by Crippen LogP contribution is -2.03. The number of aromatic nitrogens is 6. The van der Waals surface area contributed by atoms with Gasteiger partial charge in [-0.1, -0.05) is 134 Å². The van der Waals surface area contributed by atoms with Gasteiger partial charge in [0.2, 0.25) is 0 Å². The summed E-state index contributed by atoms with van der Waals surface area (Å²) in [6.07, 6.45) is 2.09. The minimum atomic E-state index is 0.600. The summed E-state index contributed by atoms with van der Waals surface area (Å²) in [5.41, 5.74) is 9.76. The Hall–Kier alpha value is -6.92. The molecule has 0 aliphatic rings. The molecule has 0 saturated heterocycles. The van der Waals surface area contributed by atoms with Gasteiger partial charge in [-0.2, -0.15) is 0 Å². The Morgan fingerprint density at radius 2 is 1.06 bits per heavy atom. The minimum absolute atomic E-state index is 0.600. The third-order valence-corrected chi connectivity index (χ3v) is 9.77. The van der Waals surface area contributed by atoms with Crippen LogP contribution in [-0.4, -0.2) is 28.9 Å². The number of pyridine rings is 1. The van der Waals surface area contributed by atoms with Crippen molar-refractivity contribution in [2.24, 2.45) is 0 Å². The first-order valence-electron chi connectivity index (χ1n) is 17.0. The zero-order valence-corrected chi connectivity index (χ0v) is 27.8. The minimum Gasteiger partial charge on any atom is -0.308 e. The summed E-state index contributed by atoms with van der Waals surface area (Å²) < 4.78 is 4.62. The Labute approximate surface area is 293 Å². The number of benzene rings is 6. The van der Waals surface area contributed by atoms with E-state index in [0.29, 0.717) is 17.5 Å². The second-order valence-electron chi connectivity index (χ2n) is 12.9. The summed E-state index contributed by atoms with van der Waals surface area (Å²) in [6.45, 7) is 6.76. The summed E-state index contributed by atoms with van der Waals surface area (Å²) >= 11 is 0. The number of para-hydroxylation sites is 3. The number of fused-ring (bicyclic) bond motifs is 12. The van der Waals surface area contributed by atoms with Gasteiger partial charge in [-0.05, 0) is 42.2 Å². The third-order valence-electron chi connectivity index (χ3n) is 9.77. The van der Waals surface area contributed by atoms with E-state index in [-0.39, 0.29) is 0 Å². The van der Waals surface area contributed by atoms with E-state index < -0.39 is 0 Å². The van der Waals surface area contributed by atoms with Crippen molar-refractivity contribution in [3.63, 3.8) is 0 Å². The molecular weight excluding hydrogens is 625 g/mol. The van der Waals surface area contributed by atoms with Crippen molar-refractivity contribution in [2.45, 2.75) is 6.92 Å². The molecule has 0 aliphatic heterocycles. The van der Waals surface area contributed by atoms with Gasteiger partial charge in [0, 0.05) is 38.4 Å². The molecule has 0 amide bonds. The molecule has 10 rings (SSSR count). The predicted octanol–water partition coefficient (Wildman–Crippen LogP) is 11.0. The van der Waals surface area contributed by atoms with Crippen LogP contribution in [0, 0.1) is 0 Å². The fraction of sp³-hybridized carbons (Fsp3) is 0.0222. The van der Waals surface area contributed by atoms with Crippen LogP contribution in [0.15, 0.2) is 158 Å². The van der Waals surface area contributed by atoms with Crippen LogP contribution in [0.2, 0.25) is 0 Å². The van der Waals surface area contributed by atoms with Crippen LogP contribution in [0.25, 0.3) is 94.2 Å². The SMILES string of the molecule is C=C(/C=C(\C)c1nc(-c2ccccc2)nc(-c2ccccc2)n1)n1c2ccccc2c2ccc3c4ccccc4c4nc5ccccc5n4c3c21. The Morgan fingerprint density at radius 1 is 0.510 bits per heavy atom. The van der Waals surface area contributed by atoms with E-state index in [1.165, 1.54) is 5.39 Å². The number of rotatable bonds is 5. The molecule has 0 saturated carbocycles. The van der Waals surface area contributed by atoms with Gasteiger partial charge in [-0.3, -0.25) is 4.40 Å². The quantitative estimate of drug-likeness (QED) is 0.137. The Morgan fingerprint density at radius 3 is 1.75 bits per heavy atom. The summed E-state index contributed by atoms with van der Waals surface area (Å²) in [6, 6.07) is 50.1. The lowest BCUT2D eigenvalue weighted by molar-refractivity contribution is 1.03. The highest BCUT2D eigenvalue weighted by Gasteiger charge is 2.21. The van der Waals surface area contributed by atoms with Gasteiger partial charge in [0.15, 0.2) is 17.5 Å². The predicted molar refractivity (Wildman–Crippen MR) is 210 cm³/mol. The fourth-order valence-corrected chi connectivity index (χ4v) is 7.49. The number of imidazole rings is 1. The van der Waals surface area contributed by atoms with Crippen molar-refractivity contribution in [3.05, 3.63) is 164 Å². The normalized spacial score (nSPS) is 12.2. The van der Waals surface area contributed by atoms with Gasteiger partial charge in [0.25, 0.3) is 0 Å². The summed E-state index contributed by atoms with van der Waals surface area (Å²) in [5, 5.41) is 5.75. The van der Waals surface area contributed by atoms with Gasteiger partial charge in [0.05, 0.1) is 27.6 Å². The molecule has 0 radical (unpaired) electrons. The molecule has 0 aliphatic carbocycles. The first-order valence-corrected chi connectivity index (χ1v) is 17.0. The van der Waals surface area contributed by atoms with Crippen molar-refractivity contribution < 1.29 is 0 Å². The molecule has 0 fully saturated rings. The molecular formula is C45H30N6. The molecule has 240 valence electrons. The van der Waals surface area contributed by atoms with E-state index in [4.69, 9.17) is 26.5 Å². The lowest BCUT2D eigenvalue weighted by Gasteiger charge is -2.14. The van der Waals surface area contributed by atoms with Crippen LogP contribution >= 0.6 is 0 Å². The van der Waals surface area contributed by atoms with Crippen molar-refractivity contribution in [2.75, 3.05) is 0 Å². The second-order valence-corrected chi connectivity index (χ2v) is 12.9. The zero-order valence-electron chi connectivity index (χ0n) is 27.8. The Kier molecular flexibility index (Phi) is 6.45. The average molecular weight is 655 g/mol. The van der Waals surface area contributed by atoms with E-state index in [1.807, 2.05) is 67.6 Å². The van der Waals surface area contributed by atoms with Crippen LogP contribution in [0.3, 0.4) is 0 Å². The molecule has 0 bridgehead atoms. The van der Waals surface area contributed by atoms with Crippen LogP contribution in [0.4, 0.5) is 0 Å². The van der Waals surface area contributed by atoms with Crippen molar-refractivity contribution in [1.82, 2.24) is 28.9 Å². The monoisotopic (exact) mass is 654 g/mol. The van der Waals surface area contributed by atoms with Gasteiger partial charge in [-0.25, -0.2) is 19.9 Å². The van der Waals surface area contributed by atoms with Gasteiger partial charge in [-0.15, -0.1) is 0 Å². The van der Waals surface area contributed by atoms with Crippen LogP contribution in [0.5, 0.6) is 0 Å². The zero-order chi connectivity index (χ0) is 34.1. The maximum Gasteiger partial charge on any atom is 0.164 e. The first kappa shape index (κ1) is 29.0. The highest BCUT2D eigenvalue weighted by atomic mass is 15.1. The van der Waals surface area contributed by atoms with E-state index in [2.05, 4.69) is 100.0 Å². The molecule has 10 aromatic rings. The fourth-order valence-electron chi connectivity index (χ4n) is 7.49. The molecule has 0 spiro atoms. The standard InChI is InChI=1S/C45H30N6/c1-28(42-47-43(30-15-5-3-6-16-30)49-44(48-42)31-17-7-4-8-18-31)27-29(2)50-38-23-13-11-20-33(38)35-26-25-34-32-19-9-10-21-36(32)45-46-37-22-12-14-24-39(37)51(45)41(34)40(35)50/h3-27H,2H2,1H3/b28-27+. The van der Waals surface area contributed by atoms with E-state index in [0.717, 1.165) is 77.2 Å². The molecule has 4 heterocycles. The Balaban J connectivity index is 1.26. The summed E-state index contributed by atoms with van der Waals surface area (Å²) in [7, 11) is 0. The first-order chi connectivity index (χ1) is 25.1. The van der Waals surface area contributed by atoms with E-state index in [1.54, 1.807) is 0 Å². The van der Waals surface area contributed by atoms with Gasteiger partial charge < -0.3 is 4.57 Å². The van der Waals surface area contributed by atoms with Crippen LogP contribution < -0.4 is 0 Å². The second kappa shape index (κ2) is 11.3. The molecule has 4 aromatic heterocycles. The van der Waals surface area contributed by atoms with E-state index >= 15 is 0 Å². The van der Waals surface area contributed by atoms with Crippen molar-refractivity contribution >= 4 is 71.4 Å². The average Bonchev–Trinajstić information content (AvgIpc) is 3.75. The van der Waals surface area contributed by atoms with Gasteiger partial charge in [0.1, 0.15) is 5.65 Å². The molecule has 51 heavy (non-hydrogen) atoms. The lowest BCUT2D eigenvalue weighted by atomic mass is 10.0. The topological polar surface area (TPSA) is 60.9 Å². The molecule has 6 heteroatoms. The highest BCUT2D eigenvalue weighted by Crippen LogP contribution is 2.41. The van der Waals surface area contributed by atoms with Gasteiger partial charge >= 0.3 is 0 Å². The smallest absolute Gasteiger partial charge is 0.164 e. The Bertz CT molecular complexity index is 2980. The molecule has 0 N–H and O–H groups in total. The van der Waals surface area contributed by atoms with Crippen LogP contribution in [-0.2, 0) is 0 Å². The molecule has 6 nitrogen and oxygen atoms in total. The molecule has 6 aromatic carbocycles. The third kappa shape index (κ3) is 4.50. The number of nitrogens with zero attached hydrogens (tertiary/aromatic N) is 6. The molecule has 0 atom stereocenters. The van der Waals surface area contributed by atoms with E-state index in [9.17, 15) is 0 Å². The number of allylic oxidation sites excluding steroid dienone is 3. The van der Waals surface area contributed by atoms with Crippen LogP contribution in [0.1, 0.15) is 12.7 Å². The largest absolute Gasteiger partial charge is 0.308 e. The maximum absolute atomic E-state index is 5.18. The number of hydrogen-bond acceptors (Lipinski definition) is 4.